The van der Waals surface area contributed by atoms with Gasteiger partial charge in [-0.15, -0.1) is 0 Å². The number of hydrogen-bond acceptors (Lipinski definition) is 1. The van der Waals surface area contributed by atoms with Crippen LogP contribution in [0.15, 0.2) is 30.8 Å². The average molecular weight is 427 g/mol. The maximum atomic E-state index is 4.88. The Bertz CT molecular complexity index is 313. The summed E-state index contributed by atoms with van der Waals surface area (Å²) in [6, 6.07) is 8.28. The van der Waals surface area contributed by atoms with Gasteiger partial charge in [0.05, 0.1) is 0 Å². The maximum absolute atomic E-state index is 4.88. The zero-order valence-electron chi connectivity index (χ0n) is 9.04. The number of para-hydroxylation sites is 1. The molecule has 0 spiro atoms. The van der Waals surface area contributed by atoms with Gasteiger partial charge in [-0.2, -0.15) is 0 Å². The molecule has 0 aliphatic heterocycles. The number of hydrogen-bond donors (Lipinski definition) is 0. The van der Waals surface area contributed by atoms with E-state index in [1.807, 2.05) is 33.2 Å². The Morgan fingerprint density at radius 3 is 2.07 bits per heavy atom. The van der Waals surface area contributed by atoms with E-state index in [1.54, 1.807) is 0 Å². The van der Waals surface area contributed by atoms with E-state index in [1.165, 1.54) is 11.3 Å². The van der Waals surface area contributed by atoms with Crippen LogP contribution in [-0.4, -0.2) is 14.1 Å². The van der Waals surface area contributed by atoms with Gasteiger partial charge in [-0.3, -0.25) is 0 Å². The minimum atomic E-state index is -0.472. The molecule has 0 radical (unpaired) electrons. The summed E-state index contributed by atoms with van der Waals surface area (Å²) in [6.07, 6.45) is 0. The van der Waals surface area contributed by atoms with Crippen LogP contribution in [0.2, 0.25) is 0 Å². The number of nitrogens with zero attached hydrogens (tertiary/aromatic N) is 1. The van der Waals surface area contributed by atoms with Crippen molar-refractivity contribution in [3.63, 3.8) is 0 Å². The Hall–Kier alpha value is 0.0283. The van der Waals surface area contributed by atoms with Crippen molar-refractivity contribution in [2.75, 3.05) is 19.0 Å². The van der Waals surface area contributed by atoms with Crippen molar-refractivity contribution in [3.8, 4) is 0 Å². The molecule has 0 saturated heterocycles. The first-order chi connectivity index (χ1) is 7.04. The van der Waals surface area contributed by atoms with Gasteiger partial charge in [-0.1, -0.05) is 24.8 Å². The van der Waals surface area contributed by atoms with Gasteiger partial charge in [-0.25, -0.2) is 0 Å². The second-order valence-corrected chi connectivity index (χ2v) is 6.52. The van der Waals surface area contributed by atoms with Gasteiger partial charge >= 0.3 is 35.3 Å². The zero-order valence-corrected chi connectivity index (χ0v) is 12.8. The van der Waals surface area contributed by atoms with Crippen LogP contribution in [0, 0.1) is 0 Å². The number of anilines is 1. The summed E-state index contributed by atoms with van der Waals surface area (Å²) in [4.78, 5) is 2.10. The molecule has 0 aliphatic rings. The number of rotatable bonds is 2. The Balaban J connectivity index is 0.000000583. The summed E-state index contributed by atoms with van der Waals surface area (Å²) in [5.41, 5.74) is 3.56. The number of benzene rings is 1. The molecule has 1 nitrogen and oxygen atoms in total. The van der Waals surface area contributed by atoms with Gasteiger partial charge in [0.15, 0.2) is 0 Å². The predicted molar refractivity (Wildman–Crippen MR) is 67.2 cm³/mol. The summed E-state index contributed by atoms with van der Waals surface area (Å²) in [7, 11) is 13.8. The van der Waals surface area contributed by atoms with Crippen LogP contribution in [0.3, 0.4) is 0 Å². The summed E-state index contributed by atoms with van der Waals surface area (Å²) in [6.45, 7) is 5.97. The van der Waals surface area contributed by atoms with E-state index in [0.29, 0.717) is 0 Å². The van der Waals surface area contributed by atoms with Crippen molar-refractivity contribution in [1.29, 1.82) is 0 Å². The first kappa shape index (κ1) is 15.0. The second kappa shape index (κ2) is 8.21. The van der Waals surface area contributed by atoms with Gasteiger partial charge < -0.3 is 4.90 Å². The van der Waals surface area contributed by atoms with Crippen LogP contribution in [-0.2, 0) is 16.5 Å². The van der Waals surface area contributed by atoms with Crippen LogP contribution in [0.5, 0.6) is 0 Å². The Kier molecular flexibility index (Phi) is 8.23. The third-order valence-corrected chi connectivity index (χ3v) is 1.85. The molecule has 0 heterocycles. The molecule has 1 aromatic rings. The summed E-state index contributed by atoms with van der Waals surface area (Å²) >= 11 is -0.472. The molecule has 0 atom stereocenters. The van der Waals surface area contributed by atoms with Crippen LogP contribution >= 0.6 is 18.8 Å². The quantitative estimate of drug-likeness (QED) is 0.686. The third-order valence-electron chi connectivity index (χ3n) is 1.85. The van der Waals surface area contributed by atoms with E-state index in [2.05, 4.69) is 23.6 Å². The first-order valence-electron chi connectivity index (χ1n) is 4.29. The van der Waals surface area contributed by atoms with Gasteiger partial charge in [-0.05, 0) is 18.6 Å². The summed E-state index contributed by atoms with van der Waals surface area (Å²) in [5.74, 6) is 0. The topological polar surface area (TPSA) is 3.24 Å². The van der Waals surface area contributed by atoms with Crippen molar-refractivity contribution in [2.24, 2.45) is 0 Å². The normalized spacial score (nSPS) is 9.13. The van der Waals surface area contributed by atoms with Crippen molar-refractivity contribution in [1.82, 2.24) is 0 Å². The van der Waals surface area contributed by atoms with E-state index in [0.717, 1.165) is 5.57 Å². The Morgan fingerprint density at radius 1 is 1.27 bits per heavy atom. The first-order valence-corrected chi connectivity index (χ1v) is 9.92. The molecule has 1 aromatic carbocycles. The fraction of sp³-hybridized carbons (Fsp3) is 0.273. The van der Waals surface area contributed by atoms with Crippen LogP contribution < -0.4 is 4.90 Å². The molecule has 0 aromatic heterocycles. The third kappa shape index (κ3) is 5.61. The molecule has 4 heteroatoms. The molecule has 0 aliphatic carbocycles. The molecular weight excluding hydrogens is 412 g/mol. The van der Waals surface area contributed by atoms with E-state index in [4.69, 9.17) is 18.8 Å². The van der Waals surface area contributed by atoms with E-state index < -0.39 is 16.5 Å². The van der Waals surface area contributed by atoms with Crippen molar-refractivity contribution in [3.05, 3.63) is 36.4 Å². The standard InChI is InChI=1S/C11H15N.2ClH.Pt/c1-9(2)10-7-5-6-8-11(10)12(3)4;;;/h5-8H,1H2,2-4H3;2*1H;/q;;;+2/p-2. The molecular formula is C11H15Cl2NPt. The molecule has 1 rings (SSSR count). The van der Waals surface area contributed by atoms with Crippen LogP contribution in [0.25, 0.3) is 5.57 Å². The van der Waals surface area contributed by atoms with Crippen LogP contribution in [0.4, 0.5) is 5.69 Å². The van der Waals surface area contributed by atoms with E-state index in [-0.39, 0.29) is 0 Å². The van der Waals surface area contributed by atoms with Gasteiger partial charge in [0, 0.05) is 25.3 Å². The Labute approximate surface area is 108 Å². The fourth-order valence-corrected chi connectivity index (χ4v) is 1.22. The molecule has 0 N–H and O–H groups in total. The second-order valence-electron chi connectivity index (χ2n) is 3.24. The Morgan fingerprint density at radius 2 is 1.73 bits per heavy atom. The van der Waals surface area contributed by atoms with Gasteiger partial charge in [0.25, 0.3) is 0 Å². The van der Waals surface area contributed by atoms with Crippen molar-refractivity contribution >= 4 is 30.1 Å². The number of halogens is 2. The monoisotopic (exact) mass is 426 g/mol. The van der Waals surface area contributed by atoms with Crippen molar-refractivity contribution < 1.29 is 16.5 Å². The minimum absolute atomic E-state index is 0.472. The van der Waals surface area contributed by atoms with Crippen molar-refractivity contribution in [2.45, 2.75) is 6.92 Å². The zero-order chi connectivity index (χ0) is 11.8. The predicted octanol–water partition coefficient (Wildman–Crippen LogP) is 4.16. The summed E-state index contributed by atoms with van der Waals surface area (Å²) in [5, 5.41) is 0. The molecule has 0 saturated carbocycles. The SMILES string of the molecule is C=C(C)c1ccccc1N(C)C.[Cl][Pt][Cl]. The van der Waals surface area contributed by atoms with Crippen LogP contribution in [0.1, 0.15) is 12.5 Å². The van der Waals surface area contributed by atoms with E-state index in [9.17, 15) is 0 Å². The molecule has 0 fully saturated rings. The fourth-order valence-electron chi connectivity index (χ4n) is 1.22. The summed E-state index contributed by atoms with van der Waals surface area (Å²) < 4.78 is 0. The van der Waals surface area contributed by atoms with E-state index >= 15 is 0 Å². The molecule has 0 unspecified atom stereocenters. The molecule has 0 amide bonds. The van der Waals surface area contributed by atoms with Gasteiger partial charge in [0.1, 0.15) is 0 Å². The molecule has 88 valence electrons. The average Bonchev–Trinajstić information content (AvgIpc) is 2.19. The number of allylic oxidation sites excluding steroid dienone is 1. The molecule has 15 heavy (non-hydrogen) atoms. The van der Waals surface area contributed by atoms with Gasteiger partial charge in [0.2, 0.25) is 0 Å². The molecule has 0 bridgehead atoms.